The molecule has 1 saturated heterocycles. The van der Waals surface area contributed by atoms with Gasteiger partial charge in [0.15, 0.2) is 0 Å². The van der Waals surface area contributed by atoms with Gasteiger partial charge < -0.3 is 4.79 Å². The Labute approximate surface area is 74.9 Å². The van der Waals surface area contributed by atoms with Crippen LogP contribution in [0, 0.1) is 11.8 Å². The lowest BCUT2D eigenvalue weighted by atomic mass is 9.83. The van der Waals surface area contributed by atoms with Crippen LogP contribution in [-0.2, 0) is 4.79 Å². The molecule has 0 saturated carbocycles. The van der Waals surface area contributed by atoms with Crippen LogP contribution in [0.25, 0.3) is 0 Å². The van der Waals surface area contributed by atoms with Crippen LogP contribution in [0.4, 0.5) is 0 Å². The van der Waals surface area contributed by atoms with Gasteiger partial charge >= 0.3 is 0 Å². The van der Waals surface area contributed by atoms with E-state index in [4.69, 9.17) is 0 Å². The number of hydrogen-bond acceptors (Lipinski definition) is 2. The van der Waals surface area contributed by atoms with E-state index in [0.717, 1.165) is 31.1 Å². The highest BCUT2D eigenvalue weighted by Gasteiger charge is 2.26. The van der Waals surface area contributed by atoms with E-state index in [0.29, 0.717) is 0 Å². The molecular weight excluding hydrogens is 150 g/mol. The lowest BCUT2D eigenvalue weighted by molar-refractivity contribution is -0.113. The molecule has 0 bridgehead atoms. The van der Waals surface area contributed by atoms with E-state index < -0.39 is 0 Å². The fourth-order valence-electron chi connectivity index (χ4n) is 1.91. The molecular formula is C10H19NO. The maximum absolute atomic E-state index is 10.7. The van der Waals surface area contributed by atoms with Gasteiger partial charge in [0.1, 0.15) is 6.29 Å². The first-order chi connectivity index (χ1) is 5.65. The van der Waals surface area contributed by atoms with Crippen molar-refractivity contribution in [1.82, 2.24) is 4.90 Å². The normalized spacial score (nSPS) is 32.3. The monoisotopic (exact) mass is 169 g/mol. The third kappa shape index (κ3) is 2.07. The summed E-state index contributed by atoms with van der Waals surface area (Å²) in [7, 11) is 2.04. The van der Waals surface area contributed by atoms with E-state index >= 15 is 0 Å². The summed E-state index contributed by atoms with van der Waals surface area (Å²) < 4.78 is 0. The van der Waals surface area contributed by atoms with Crippen LogP contribution in [0.2, 0.25) is 0 Å². The van der Waals surface area contributed by atoms with Crippen LogP contribution >= 0.6 is 0 Å². The van der Waals surface area contributed by atoms with E-state index in [1.54, 1.807) is 0 Å². The van der Waals surface area contributed by atoms with Gasteiger partial charge in [-0.15, -0.1) is 0 Å². The lowest BCUT2D eigenvalue weighted by Crippen LogP contribution is -2.41. The number of piperidine rings is 1. The molecule has 0 amide bonds. The summed E-state index contributed by atoms with van der Waals surface area (Å²) in [5.74, 6) is 1.47. The summed E-state index contributed by atoms with van der Waals surface area (Å²) in [4.78, 5) is 12.9. The van der Waals surface area contributed by atoms with Crippen molar-refractivity contribution in [3.63, 3.8) is 0 Å². The third-order valence-electron chi connectivity index (χ3n) is 3.06. The van der Waals surface area contributed by atoms with Crippen LogP contribution < -0.4 is 0 Å². The summed E-state index contributed by atoms with van der Waals surface area (Å²) in [5.41, 5.74) is 0. The van der Waals surface area contributed by atoms with Crippen LogP contribution in [0.3, 0.4) is 0 Å². The first kappa shape index (κ1) is 9.72. The Morgan fingerprint density at radius 1 is 1.50 bits per heavy atom. The van der Waals surface area contributed by atoms with E-state index in [1.165, 1.54) is 6.42 Å². The first-order valence-electron chi connectivity index (χ1n) is 4.80. The van der Waals surface area contributed by atoms with Crippen LogP contribution in [-0.4, -0.2) is 30.8 Å². The molecule has 1 unspecified atom stereocenters. The average molecular weight is 169 g/mol. The second-order valence-corrected chi connectivity index (χ2v) is 4.21. The zero-order valence-electron chi connectivity index (χ0n) is 8.29. The molecule has 0 radical (unpaired) electrons. The number of rotatable bonds is 2. The molecule has 0 aromatic rings. The van der Waals surface area contributed by atoms with E-state index in [1.807, 2.05) is 7.05 Å². The van der Waals surface area contributed by atoms with E-state index in [2.05, 4.69) is 18.7 Å². The zero-order valence-corrected chi connectivity index (χ0v) is 8.29. The summed E-state index contributed by atoms with van der Waals surface area (Å²) in [6.45, 7) is 5.57. The molecule has 2 atom stereocenters. The molecule has 1 aliphatic heterocycles. The number of likely N-dealkylation sites (tertiary alicyclic amines) is 1. The summed E-state index contributed by atoms with van der Waals surface area (Å²) in [5, 5.41) is 0. The number of carbonyl (C=O) groups excluding carboxylic acids is 1. The quantitative estimate of drug-likeness (QED) is 0.585. The Bertz CT molecular complexity index is 156. The molecule has 1 aliphatic rings. The van der Waals surface area contributed by atoms with Crippen molar-refractivity contribution in [2.24, 2.45) is 11.8 Å². The number of aldehydes is 1. The minimum absolute atomic E-state index is 0.172. The van der Waals surface area contributed by atoms with Gasteiger partial charge in [0, 0.05) is 0 Å². The molecule has 2 nitrogen and oxygen atoms in total. The number of likely N-dealkylation sites (N-methyl/N-ethyl adjacent to an activating group) is 1. The molecule has 12 heavy (non-hydrogen) atoms. The Balaban J connectivity index is 2.49. The van der Waals surface area contributed by atoms with Gasteiger partial charge in [-0.1, -0.05) is 13.8 Å². The molecule has 2 heteroatoms. The van der Waals surface area contributed by atoms with E-state index in [-0.39, 0.29) is 6.04 Å². The molecule has 0 aromatic carbocycles. The highest BCUT2D eigenvalue weighted by molar-refractivity contribution is 5.57. The maximum atomic E-state index is 10.7. The smallest absolute Gasteiger partial charge is 0.137 e. The molecule has 0 N–H and O–H groups in total. The third-order valence-corrected chi connectivity index (χ3v) is 3.06. The molecule has 1 rings (SSSR count). The van der Waals surface area contributed by atoms with Gasteiger partial charge in [-0.05, 0) is 38.3 Å². The lowest BCUT2D eigenvalue weighted by Gasteiger charge is -2.35. The predicted molar refractivity (Wildman–Crippen MR) is 50.0 cm³/mol. The van der Waals surface area contributed by atoms with Gasteiger partial charge in [-0.25, -0.2) is 0 Å². The predicted octanol–water partition coefficient (Wildman–Crippen LogP) is 1.55. The second-order valence-electron chi connectivity index (χ2n) is 4.21. The first-order valence-corrected chi connectivity index (χ1v) is 4.80. The van der Waals surface area contributed by atoms with Crippen molar-refractivity contribution in [3.05, 3.63) is 0 Å². The molecule has 0 spiro atoms. The van der Waals surface area contributed by atoms with Crippen molar-refractivity contribution >= 4 is 6.29 Å². The van der Waals surface area contributed by atoms with Gasteiger partial charge in [0.25, 0.3) is 0 Å². The van der Waals surface area contributed by atoms with Crippen LogP contribution in [0.1, 0.15) is 26.7 Å². The minimum atomic E-state index is 0.172. The highest BCUT2D eigenvalue weighted by atomic mass is 16.1. The van der Waals surface area contributed by atoms with Crippen LogP contribution in [0.5, 0.6) is 0 Å². The number of hydrogen-bond donors (Lipinski definition) is 0. The van der Waals surface area contributed by atoms with Gasteiger partial charge in [0.05, 0.1) is 6.04 Å². The topological polar surface area (TPSA) is 20.3 Å². The maximum Gasteiger partial charge on any atom is 0.137 e. The molecule has 1 heterocycles. The standard InChI is InChI=1S/C10H19NO/c1-8(2)9-4-5-11(3)10(6-9)7-12/h7-10H,4-6H2,1-3H3/t9-,10?/m0/s1. The average Bonchev–Trinajstić information content (AvgIpc) is 2.05. The SMILES string of the molecule is CC(C)[C@H]1CCN(C)C(C=O)C1. The minimum Gasteiger partial charge on any atom is -0.302 e. The molecule has 70 valence electrons. The van der Waals surface area contributed by atoms with Crippen molar-refractivity contribution in [2.75, 3.05) is 13.6 Å². The summed E-state index contributed by atoms with van der Waals surface area (Å²) in [6, 6.07) is 0.172. The molecule has 1 fully saturated rings. The Morgan fingerprint density at radius 3 is 2.67 bits per heavy atom. The zero-order chi connectivity index (χ0) is 9.14. The van der Waals surface area contributed by atoms with Gasteiger partial charge in [-0.2, -0.15) is 0 Å². The summed E-state index contributed by atoms with van der Waals surface area (Å²) in [6.07, 6.45) is 3.39. The van der Waals surface area contributed by atoms with Crippen molar-refractivity contribution in [1.29, 1.82) is 0 Å². The van der Waals surface area contributed by atoms with Crippen molar-refractivity contribution < 1.29 is 4.79 Å². The molecule has 0 aliphatic carbocycles. The number of nitrogens with zero attached hydrogens (tertiary/aromatic N) is 1. The Kier molecular flexibility index (Phi) is 3.27. The molecule has 0 aromatic heterocycles. The second kappa shape index (κ2) is 4.04. The Morgan fingerprint density at radius 2 is 2.17 bits per heavy atom. The van der Waals surface area contributed by atoms with Crippen LogP contribution in [0.15, 0.2) is 0 Å². The van der Waals surface area contributed by atoms with Gasteiger partial charge in [-0.3, -0.25) is 4.90 Å². The fraction of sp³-hybridized carbons (Fsp3) is 0.900. The van der Waals surface area contributed by atoms with E-state index in [9.17, 15) is 4.79 Å². The summed E-state index contributed by atoms with van der Waals surface area (Å²) >= 11 is 0. The van der Waals surface area contributed by atoms with Gasteiger partial charge in [0.2, 0.25) is 0 Å². The largest absolute Gasteiger partial charge is 0.302 e. The highest BCUT2D eigenvalue weighted by Crippen LogP contribution is 2.26. The Hall–Kier alpha value is -0.370. The van der Waals surface area contributed by atoms with Crippen molar-refractivity contribution in [3.8, 4) is 0 Å². The number of carbonyl (C=O) groups is 1. The fourth-order valence-corrected chi connectivity index (χ4v) is 1.91. The van der Waals surface area contributed by atoms with Crippen molar-refractivity contribution in [2.45, 2.75) is 32.7 Å².